The van der Waals surface area contributed by atoms with Crippen LogP contribution in [0.3, 0.4) is 0 Å². The number of rotatable bonds is 5. The number of fused-ring (bicyclic) bond motifs is 3. The topological polar surface area (TPSA) is 104 Å². The van der Waals surface area contributed by atoms with E-state index < -0.39 is 17.9 Å². The Balaban J connectivity index is 1.60. The minimum atomic E-state index is -0.931. The summed E-state index contributed by atoms with van der Waals surface area (Å²) in [5.41, 5.74) is 6.35. The molecule has 0 saturated heterocycles. The smallest absolute Gasteiger partial charge is 0.308 e. The third-order valence-electron chi connectivity index (χ3n) is 6.72. The van der Waals surface area contributed by atoms with E-state index >= 15 is 0 Å². The van der Waals surface area contributed by atoms with Crippen molar-refractivity contribution in [3.05, 3.63) is 98.4 Å². The molecule has 7 nitrogen and oxygen atoms in total. The highest BCUT2D eigenvalue weighted by atomic mass is 32.1. The van der Waals surface area contributed by atoms with E-state index in [1.165, 1.54) is 4.88 Å². The first-order valence-electron chi connectivity index (χ1n) is 11.9. The molecule has 2 aromatic carbocycles. The van der Waals surface area contributed by atoms with Crippen LogP contribution in [0.1, 0.15) is 62.9 Å². The second-order valence-corrected chi connectivity index (χ2v) is 10.3. The average molecular weight is 508 g/mol. The number of carboxylic acids is 1. The number of benzene rings is 2. The number of aliphatic carboxylic acids is 1. The lowest BCUT2D eigenvalue weighted by Gasteiger charge is -2.16. The summed E-state index contributed by atoms with van der Waals surface area (Å²) in [6.45, 7) is 7.70. The fourth-order valence-electron chi connectivity index (χ4n) is 4.47. The van der Waals surface area contributed by atoms with Crippen LogP contribution in [0, 0.1) is 38.0 Å². The normalized spacial score (nSPS) is 15.4. The standard InChI is InChI=1S/C29H25N5O2S/c1-16-18(3)37-28-24(16)26(31-25(17(2)29(35)36)27-33-32-19(4)34(27)28)23-12-10-20(11-13-23)8-9-21-6-5-7-22(14-21)15-30/h5-14,17,25H,1-4H3,(H,35,36)/t17-,25?/m0/s1. The summed E-state index contributed by atoms with van der Waals surface area (Å²) >= 11 is 1.64. The number of nitriles is 1. The molecule has 0 aliphatic carbocycles. The van der Waals surface area contributed by atoms with E-state index in [-0.39, 0.29) is 0 Å². The molecule has 4 aromatic rings. The van der Waals surface area contributed by atoms with Gasteiger partial charge in [-0.05, 0) is 56.5 Å². The van der Waals surface area contributed by atoms with Gasteiger partial charge in [0.05, 0.1) is 23.3 Å². The van der Waals surface area contributed by atoms with Crippen molar-refractivity contribution in [2.45, 2.75) is 33.7 Å². The number of nitrogens with zero attached hydrogens (tertiary/aromatic N) is 5. The van der Waals surface area contributed by atoms with Gasteiger partial charge in [0.2, 0.25) is 0 Å². The van der Waals surface area contributed by atoms with Gasteiger partial charge in [0, 0.05) is 16.0 Å². The molecular formula is C29H25N5O2S. The van der Waals surface area contributed by atoms with E-state index in [4.69, 9.17) is 10.3 Å². The summed E-state index contributed by atoms with van der Waals surface area (Å²) in [6, 6.07) is 17.0. The van der Waals surface area contributed by atoms with Crippen molar-refractivity contribution in [3.8, 4) is 11.1 Å². The lowest BCUT2D eigenvalue weighted by Crippen LogP contribution is -2.21. The minimum Gasteiger partial charge on any atom is -0.481 e. The van der Waals surface area contributed by atoms with Crippen LogP contribution in [0.15, 0.2) is 53.5 Å². The molecule has 1 aliphatic rings. The minimum absolute atomic E-state index is 0.545. The number of hydrogen-bond acceptors (Lipinski definition) is 6. The molecule has 2 atom stereocenters. The zero-order valence-electron chi connectivity index (χ0n) is 20.9. The Hall–Kier alpha value is -4.35. The molecule has 0 radical (unpaired) electrons. The second kappa shape index (κ2) is 9.60. The van der Waals surface area contributed by atoms with Crippen molar-refractivity contribution >= 4 is 35.2 Å². The van der Waals surface area contributed by atoms with Gasteiger partial charge in [-0.25, -0.2) is 0 Å². The summed E-state index contributed by atoms with van der Waals surface area (Å²) in [7, 11) is 0. The van der Waals surface area contributed by atoms with Crippen LogP contribution in [0.2, 0.25) is 0 Å². The molecule has 8 heteroatoms. The predicted molar refractivity (Wildman–Crippen MR) is 145 cm³/mol. The van der Waals surface area contributed by atoms with Gasteiger partial charge >= 0.3 is 5.97 Å². The van der Waals surface area contributed by atoms with E-state index in [2.05, 4.69) is 30.1 Å². The van der Waals surface area contributed by atoms with Crippen molar-refractivity contribution in [2.75, 3.05) is 0 Å². The highest BCUT2D eigenvalue weighted by Crippen LogP contribution is 2.40. The summed E-state index contributed by atoms with van der Waals surface area (Å²) < 4.78 is 1.97. The van der Waals surface area contributed by atoms with Gasteiger partial charge in [0.25, 0.3) is 0 Å². The number of hydrogen-bond donors (Lipinski definition) is 1. The molecule has 5 rings (SSSR count). The lowest BCUT2D eigenvalue weighted by atomic mass is 9.97. The van der Waals surface area contributed by atoms with Gasteiger partial charge in [-0.2, -0.15) is 5.26 Å². The van der Waals surface area contributed by atoms with Crippen LogP contribution < -0.4 is 0 Å². The van der Waals surface area contributed by atoms with Crippen molar-refractivity contribution in [1.82, 2.24) is 14.8 Å². The van der Waals surface area contributed by atoms with Crippen molar-refractivity contribution in [2.24, 2.45) is 10.9 Å². The van der Waals surface area contributed by atoms with Gasteiger partial charge in [-0.15, -0.1) is 21.5 Å². The molecule has 0 bridgehead atoms. The molecule has 184 valence electrons. The Morgan fingerprint density at radius 3 is 2.54 bits per heavy atom. The Morgan fingerprint density at radius 1 is 1.11 bits per heavy atom. The highest BCUT2D eigenvalue weighted by Gasteiger charge is 2.36. The van der Waals surface area contributed by atoms with Gasteiger partial charge < -0.3 is 5.11 Å². The number of thiophene rings is 1. The van der Waals surface area contributed by atoms with Gasteiger partial charge in [0.15, 0.2) is 5.82 Å². The van der Waals surface area contributed by atoms with E-state index in [1.807, 2.05) is 66.1 Å². The summed E-state index contributed by atoms with van der Waals surface area (Å²) in [6.07, 6.45) is 3.98. The van der Waals surface area contributed by atoms with E-state index in [1.54, 1.807) is 24.3 Å². The molecule has 0 spiro atoms. The van der Waals surface area contributed by atoms with Crippen LogP contribution in [0.4, 0.5) is 0 Å². The monoisotopic (exact) mass is 507 g/mol. The molecule has 0 saturated carbocycles. The zero-order valence-corrected chi connectivity index (χ0v) is 21.7. The first-order chi connectivity index (χ1) is 17.8. The molecular weight excluding hydrogens is 482 g/mol. The molecule has 0 amide bonds. The molecule has 1 N–H and O–H groups in total. The Morgan fingerprint density at radius 2 is 1.84 bits per heavy atom. The second-order valence-electron chi connectivity index (χ2n) is 9.15. The predicted octanol–water partition coefficient (Wildman–Crippen LogP) is 5.91. The van der Waals surface area contributed by atoms with Gasteiger partial charge in [-0.1, -0.05) is 48.6 Å². The quantitative estimate of drug-likeness (QED) is 0.338. The summed E-state index contributed by atoms with van der Waals surface area (Å²) in [5, 5.41) is 28.6. The fourth-order valence-corrected chi connectivity index (χ4v) is 5.69. The third kappa shape index (κ3) is 4.39. The maximum Gasteiger partial charge on any atom is 0.308 e. The number of aryl methyl sites for hydroxylation is 2. The maximum absolute atomic E-state index is 12.0. The fraction of sp³-hybridized carbons (Fsp3) is 0.207. The number of aromatic nitrogens is 3. The molecule has 1 aliphatic heterocycles. The molecule has 2 aromatic heterocycles. The van der Waals surface area contributed by atoms with Crippen LogP contribution in [0.5, 0.6) is 0 Å². The van der Waals surface area contributed by atoms with Crippen LogP contribution in [-0.4, -0.2) is 31.6 Å². The molecule has 37 heavy (non-hydrogen) atoms. The van der Waals surface area contributed by atoms with Gasteiger partial charge in [-0.3, -0.25) is 14.4 Å². The van der Waals surface area contributed by atoms with E-state index in [9.17, 15) is 9.90 Å². The van der Waals surface area contributed by atoms with Crippen molar-refractivity contribution in [1.29, 1.82) is 5.26 Å². The van der Waals surface area contributed by atoms with Gasteiger partial charge in [0.1, 0.15) is 16.9 Å². The zero-order chi connectivity index (χ0) is 26.3. The molecule has 3 heterocycles. The van der Waals surface area contributed by atoms with Crippen LogP contribution >= 0.6 is 11.3 Å². The highest BCUT2D eigenvalue weighted by molar-refractivity contribution is 7.15. The lowest BCUT2D eigenvalue weighted by molar-refractivity contribution is -0.141. The maximum atomic E-state index is 12.0. The largest absolute Gasteiger partial charge is 0.481 e. The number of carbonyl (C=O) groups is 1. The summed E-state index contributed by atoms with van der Waals surface area (Å²) in [4.78, 5) is 18.2. The third-order valence-corrected chi connectivity index (χ3v) is 7.91. The first kappa shape index (κ1) is 24.3. The Bertz CT molecular complexity index is 1620. The summed E-state index contributed by atoms with van der Waals surface area (Å²) in [5.74, 6) is -0.458. The number of aliphatic imine (C=N–C) groups is 1. The Labute approximate surface area is 219 Å². The Kier molecular flexibility index (Phi) is 6.32. The van der Waals surface area contributed by atoms with E-state index in [0.29, 0.717) is 17.2 Å². The van der Waals surface area contributed by atoms with Crippen molar-refractivity contribution in [3.63, 3.8) is 0 Å². The van der Waals surface area contributed by atoms with Crippen LogP contribution in [0.25, 0.3) is 17.2 Å². The SMILES string of the molecule is Cc1sc2c(c1C)C(c1ccc(C=Cc3cccc(C#N)c3)cc1)=NC([C@H](C)C(=O)O)c1nnc(C)n1-2. The molecule has 0 fully saturated rings. The average Bonchev–Trinajstić information content (AvgIpc) is 3.37. The first-order valence-corrected chi connectivity index (χ1v) is 12.7. The molecule has 1 unspecified atom stereocenters. The van der Waals surface area contributed by atoms with E-state index in [0.717, 1.165) is 38.5 Å². The van der Waals surface area contributed by atoms with Crippen molar-refractivity contribution < 1.29 is 9.90 Å². The van der Waals surface area contributed by atoms with Crippen LogP contribution in [-0.2, 0) is 4.79 Å². The number of carboxylic acid groups (broad SMARTS) is 1.